The summed E-state index contributed by atoms with van der Waals surface area (Å²) in [5.41, 5.74) is 1.62. The third-order valence-electron chi connectivity index (χ3n) is 2.46. The fourth-order valence-corrected chi connectivity index (χ4v) is 1.68. The van der Waals surface area contributed by atoms with Crippen molar-refractivity contribution in [2.45, 2.75) is 0 Å². The summed E-state index contributed by atoms with van der Waals surface area (Å²) in [6, 6.07) is 13.9. The molecule has 4 heteroatoms. The van der Waals surface area contributed by atoms with Gasteiger partial charge in [-0.05, 0) is 29.8 Å². The Morgan fingerprint density at radius 1 is 1.00 bits per heavy atom. The fraction of sp³-hybridized carbons (Fsp3) is 0. The van der Waals surface area contributed by atoms with E-state index in [0.717, 1.165) is 5.56 Å². The number of hydrogen-bond acceptors (Lipinski definition) is 2. The van der Waals surface area contributed by atoms with Crippen LogP contribution in [0.15, 0.2) is 48.5 Å². The van der Waals surface area contributed by atoms with Crippen LogP contribution in [0.4, 0.5) is 5.69 Å². The monoisotopic (exact) mass is 259 g/mol. The van der Waals surface area contributed by atoms with E-state index in [1.807, 2.05) is 18.2 Å². The van der Waals surface area contributed by atoms with Crippen molar-refractivity contribution in [2.75, 3.05) is 0 Å². The molecule has 0 unspecified atom stereocenters. The highest BCUT2D eigenvalue weighted by molar-refractivity contribution is 6.30. The van der Waals surface area contributed by atoms with Gasteiger partial charge in [-0.3, -0.25) is 10.1 Å². The predicted molar refractivity (Wildman–Crippen MR) is 73.5 cm³/mol. The van der Waals surface area contributed by atoms with Crippen LogP contribution < -0.4 is 0 Å². The molecule has 18 heavy (non-hydrogen) atoms. The molecule has 0 fully saturated rings. The second-order valence-electron chi connectivity index (χ2n) is 3.70. The molecule has 0 aliphatic rings. The fourth-order valence-electron chi connectivity index (χ4n) is 1.55. The first-order valence-corrected chi connectivity index (χ1v) is 5.72. The zero-order chi connectivity index (χ0) is 13.0. The van der Waals surface area contributed by atoms with Crippen molar-refractivity contribution in [3.05, 3.63) is 74.8 Å². The van der Waals surface area contributed by atoms with Crippen LogP contribution in [0, 0.1) is 10.1 Å². The van der Waals surface area contributed by atoms with E-state index >= 15 is 0 Å². The van der Waals surface area contributed by atoms with Gasteiger partial charge in [0.1, 0.15) is 0 Å². The summed E-state index contributed by atoms with van der Waals surface area (Å²) >= 11 is 5.78. The minimum Gasteiger partial charge on any atom is -0.258 e. The molecule has 2 aromatic carbocycles. The van der Waals surface area contributed by atoms with Crippen molar-refractivity contribution < 1.29 is 4.92 Å². The minimum atomic E-state index is -0.387. The number of halogens is 1. The Labute approximate surface area is 109 Å². The number of para-hydroxylation sites is 1. The summed E-state index contributed by atoms with van der Waals surface area (Å²) in [5.74, 6) is 0. The molecule has 0 bridgehead atoms. The first-order valence-electron chi connectivity index (χ1n) is 5.34. The molecule has 2 rings (SSSR count). The SMILES string of the molecule is O=[N+]([O-])c1ccccc1/C=C/c1ccc(Cl)cc1. The molecule has 0 saturated carbocycles. The average Bonchev–Trinajstić information content (AvgIpc) is 2.38. The van der Waals surface area contributed by atoms with Crippen molar-refractivity contribution in [2.24, 2.45) is 0 Å². The number of nitro groups is 1. The van der Waals surface area contributed by atoms with E-state index in [4.69, 9.17) is 11.6 Å². The van der Waals surface area contributed by atoms with Gasteiger partial charge < -0.3 is 0 Å². The molecule has 0 atom stereocenters. The smallest absolute Gasteiger partial charge is 0.258 e. The van der Waals surface area contributed by atoms with Gasteiger partial charge in [0, 0.05) is 11.1 Å². The standard InChI is InChI=1S/C14H10ClNO2/c15-13-9-6-11(7-10-13)5-8-12-3-1-2-4-14(12)16(17)18/h1-10H/b8-5+. The molecule has 0 amide bonds. The molecule has 90 valence electrons. The Morgan fingerprint density at radius 3 is 2.33 bits per heavy atom. The second-order valence-corrected chi connectivity index (χ2v) is 4.14. The summed E-state index contributed by atoms with van der Waals surface area (Å²) in [6.45, 7) is 0. The predicted octanol–water partition coefficient (Wildman–Crippen LogP) is 4.42. The van der Waals surface area contributed by atoms with Crippen LogP contribution in [0.5, 0.6) is 0 Å². The Bertz CT molecular complexity index is 591. The van der Waals surface area contributed by atoms with Crippen molar-refractivity contribution in [3.63, 3.8) is 0 Å². The average molecular weight is 260 g/mol. The summed E-state index contributed by atoms with van der Waals surface area (Å²) < 4.78 is 0. The number of hydrogen-bond donors (Lipinski definition) is 0. The molecule has 2 aromatic rings. The minimum absolute atomic E-state index is 0.0997. The first-order chi connectivity index (χ1) is 8.66. The highest BCUT2D eigenvalue weighted by Gasteiger charge is 2.08. The molecular weight excluding hydrogens is 250 g/mol. The number of nitrogens with zero attached hydrogens (tertiary/aromatic N) is 1. The maximum Gasteiger partial charge on any atom is 0.276 e. The summed E-state index contributed by atoms with van der Waals surface area (Å²) in [5, 5.41) is 11.5. The normalized spacial score (nSPS) is 10.7. The third-order valence-corrected chi connectivity index (χ3v) is 2.71. The van der Waals surface area contributed by atoms with Crippen LogP contribution in [-0.4, -0.2) is 4.92 Å². The maximum absolute atomic E-state index is 10.8. The molecule has 0 aromatic heterocycles. The summed E-state index contributed by atoms with van der Waals surface area (Å²) in [7, 11) is 0. The Hall–Kier alpha value is -2.13. The summed E-state index contributed by atoms with van der Waals surface area (Å²) in [6.07, 6.45) is 3.54. The summed E-state index contributed by atoms with van der Waals surface area (Å²) in [4.78, 5) is 10.4. The zero-order valence-electron chi connectivity index (χ0n) is 9.42. The molecule has 0 aliphatic carbocycles. The van der Waals surface area contributed by atoms with Gasteiger partial charge in [-0.25, -0.2) is 0 Å². The second kappa shape index (κ2) is 5.47. The van der Waals surface area contributed by atoms with E-state index in [1.165, 1.54) is 6.07 Å². The van der Waals surface area contributed by atoms with Crippen molar-refractivity contribution in [1.82, 2.24) is 0 Å². The lowest BCUT2D eigenvalue weighted by Gasteiger charge is -1.97. The van der Waals surface area contributed by atoms with E-state index < -0.39 is 0 Å². The van der Waals surface area contributed by atoms with E-state index in [2.05, 4.69) is 0 Å². The quantitative estimate of drug-likeness (QED) is 0.465. The van der Waals surface area contributed by atoms with E-state index in [9.17, 15) is 10.1 Å². The van der Waals surface area contributed by atoms with Crippen LogP contribution in [0.25, 0.3) is 12.2 Å². The van der Waals surface area contributed by atoms with Crippen LogP contribution >= 0.6 is 11.6 Å². The Kier molecular flexibility index (Phi) is 3.75. The molecule has 3 nitrogen and oxygen atoms in total. The molecule has 0 saturated heterocycles. The molecule has 0 radical (unpaired) electrons. The van der Waals surface area contributed by atoms with Gasteiger partial charge in [0.2, 0.25) is 0 Å². The van der Waals surface area contributed by atoms with Crippen molar-refractivity contribution in [1.29, 1.82) is 0 Å². The highest BCUT2D eigenvalue weighted by Crippen LogP contribution is 2.20. The number of nitro benzene ring substituents is 1. The highest BCUT2D eigenvalue weighted by atomic mass is 35.5. The van der Waals surface area contributed by atoms with E-state index in [0.29, 0.717) is 10.6 Å². The Balaban J connectivity index is 2.29. The van der Waals surface area contributed by atoms with Gasteiger partial charge in [0.25, 0.3) is 5.69 Å². The van der Waals surface area contributed by atoms with Gasteiger partial charge in [0.05, 0.1) is 10.5 Å². The first kappa shape index (κ1) is 12.3. The number of benzene rings is 2. The van der Waals surface area contributed by atoms with Gasteiger partial charge in [-0.15, -0.1) is 0 Å². The van der Waals surface area contributed by atoms with Crippen molar-refractivity contribution in [3.8, 4) is 0 Å². The van der Waals surface area contributed by atoms with Crippen LogP contribution in [0.2, 0.25) is 5.02 Å². The van der Waals surface area contributed by atoms with Crippen LogP contribution in [0.3, 0.4) is 0 Å². The van der Waals surface area contributed by atoms with Gasteiger partial charge in [-0.2, -0.15) is 0 Å². The molecule has 0 aliphatic heterocycles. The van der Waals surface area contributed by atoms with Gasteiger partial charge >= 0.3 is 0 Å². The van der Waals surface area contributed by atoms with Gasteiger partial charge in [0.15, 0.2) is 0 Å². The lowest BCUT2D eigenvalue weighted by molar-refractivity contribution is -0.385. The molecule has 0 heterocycles. The maximum atomic E-state index is 10.8. The van der Waals surface area contributed by atoms with Crippen LogP contribution in [-0.2, 0) is 0 Å². The topological polar surface area (TPSA) is 43.1 Å². The third kappa shape index (κ3) is 2.96. The molecule has 0 N–H and O–H groups in total. The molecule has 0 spiro atoms. The molecular formula is C14H10ClNO2. The van der Waals surface area contributed by atoms with Gasteiger partial charge in [-0.1, -0.05) is 41.9 Å². The van der Waals surface area contributed by atoms with E-state index in [1.54, 1.807) is 36.4 Å². The number of rotatable bonds is 3. The Morgan fingerprint density at radius 2 is 1.67 bits per heavy atom. The largest absolute Gasteiger partial charge is 0.276 e. The lowest BCUT2D eigenvalue weighted by atomic mass is 10.1. The van der Waals surface area contributed by atoms with E-state index in [-0.39, 0.29) is 10.6 Å². The van der Waals surface area contributed by atoms with Crippen molar-refractivity contribution >= 4 is 29.4 Å². The zero-order valence-corrected chi connectivity index (χ0v) is 10.2. The van der Waals surface area contributed by atoms with Crippen LogP contribution in [0.1, 0.15) is 11.1 Å². The lowest BCUT2D eigenvalue weighted by Crippen LogP contribution is -1.90.